The minimum atomic E-state index is -0.513. The summed E-state index contributed by atoms with van der Waals surface area (Å²) in [6.07, 6.45) is 0. The molecule has 0 aliphatic rings. The molecule has 0 fully saturated rings. The van der Waals surface area contributed by atoms with Crippen LogP contribution in [0.3, 0.4) is 0 Å². The fourth-order valence-corrected chi connectivity index (χ4v) is 1.85. The summed E-state index contributed by atoms with van der Waals surface area (Å²) < 4.78 is 5.01. The van der Waals surface area contributed by atoms with E-state index in [1.807, 2.05) is 0 Å². The SMILES string of the molecule is COc1ccc(C(=O)NNc2cc(C)ccc2[N+](=O)[O-])cc1. The molecule has 2 N–H and O–H groups in total. The van der Waals surface area contributed by atoms with E-state index in [4.69, 9.17) is 4.74 Å². The molecule has 0 unspecified atom stereocenters. The Labute approximate surface area is 127 Å². The summed E-state index contributed by atoms with van der Waals surface area (Å²) >= 11 is 0. The first kappa shape index (κ1) is 15.3. The number of nitrogens with one attached hydrogen (secondary N) is 2. The number of carbonyl (C=O) groups excluding carboxylic acids is 1. The Kier molecular flexibility index (Phi) is 4.57. The van der Waals surface area contributed by atoms with E-state index in [1.54, 1.807) is 43.3 Å². The van der Waals surface area contributed by atoms with Crippen molar-refractivity contribution >= 4 is 17.3 Å². The molecule has 22 heavy (non-hydrogen) atoms. The molecule has 2 aromatic carbocycles. The summed E-state index contributed by atoms with van der Waals surface area (Å²) in [6, 6.07) is 11.1. The summed E-state index contributed by atoms with van der Waals surface area (Å²) in [5.41, 5.74) is 6.39. The van der Waals surface area contributed by atoms with Gasteiger partial charge in [-0.1, -0.05) is 6.07 Å². The molecule has 2 aromatic rings. The maximum atomic E-state index is 12.0. The number of anilines is 1. The van der Waals surface area contributed by atoms with Crippen LogP contribution in [0.25, 0.3) is 0 Å². The quantitative estimate of drug-likeness (QED) is 0.654. The van der Waals surface area contributed by atoms with E-state index in [9.17, 15) is 14.9 Å². The van der Waals surface area contributed by atoms with Crippen LogP contribution in [0.4, 0.5) is 11.4 Å². The number of nitrogens with zero attached hydrogens (tertiary/aromatic N) is 1. The second-order valence-electron chi connectivity index (χ2n) is 4.59. The fraction of sp³-hybridized carbons (Fsp3) is 0.133. The van der Waals surface area contributed by atoms with Crippen LogP contribution in [0.2, 0.25) is 0 Å². The van der Waals surface area contributed by atoms with E-state index in [1.165, 1.54) is 13.2 Å². The molecule has 0 aromatic heterocycles. The molecule has 2 rings (SSSR count). The molecule has 0 saturated heterocycles. The maximum absolute atomic E-state index is 12.0. The largest absolute Gasteiger partial charge is 0.497 e. The summed E-state index contributed by atoms with van der Waals surface area (Å²) in [5, 5.41) is 11.0. The standard InChI is InChI=1S/C15H15N3O4/c1-10-3-8-14(18(20)21)13(9-10)16-17-15(19)11-4-6-12(22-2)7-5-11/h3-9,16H,1-2H3,(H,17,19). The lowest BCUT2D eigenvalue weighted by atomic mass is 10.2. The molecule has 0 heterocycles. The molecule has 0 spiro atoms. The molecule has 0 atom stereocenters. The summed E-state index contributed by atoms with van der Waals surface area (Å²) in [6.45, 7) is 1.81. The summed E-state index contributed by atoms with van der Waals surface area (Å²) in [7, 11) is 1.54. The van der Waals surface area contributed by atoms with Crippen LogP contribution in [0.15, 0.2) is 42.5 Å². The molecule has 0 aliphatic heterocycles. The van der Waals surface area contributed by atoms with Crippen LogP contribution in [-0.2, 0) is 0 Å². The van der Waals surface area contributed by atoms with Crippen molar-refractivity contribution in [3.63, 3.8) is 0 Å². The number of amides is 1. The third kappa shape index (κ3) is 3.51. The summed E-state index contributed by atoms with van der Waals surface area (Å²) in [4.78, 5) is 22.4. The zero-order chi connectivity index (χ0) is 16.1. The molecule has 0 aliphatic carbocycles. The van der Waals surface area contributed by atoms with Gasteiger partial charge in [-0.25, -0.2) is 0 Å². The lowest BCUT2D eigenvalue weighted by Gasteiger charge is -2.10. The number of hydrazine groups is 1. The van der Waals surface area contributed by atoms with Crippen LogP contribution in [0, 0.1) is 17.0 Å². The molecular formula is C15H15N3O4. The van der Waals surface area contributed by atoms with Crippen molar-refractivity contribution in [3.8, 4) is 5.75 Å². The Bertz CT molecular complexity index is 698. The van der Waals surface area contributed by atoms with E-state index >= 15 is 0 Å². The number of hydrogen-bond acceptors (Lipinski definition) is 5. The average Bonchev–Trinajstić information content (AvgIpc) is 2.52. The Balaban J connectivity index is 2.10. The highest BCUT2D eigenvalue weighted by molar-refractivity contribution is 5.95. The fourth-order valence-electron chi connectivity index (χ4n) is 1.85. The van der Waals surface area contributed by atoms with Crippen molar-refractivity contribution in [2.45, 2.75) is 6.92 Å². The minimum Gasteiger partial charge on any atom is -0.497 e. The second-order valence-corrected chi connectivity index (χ2v) is 4.59. The summed E-state index contributed by atoms with van der Waals surface area (Å²) in [5.74, 6) is 0.234. The van der Waals surface area contributed by atoms with Crippen molar-refractivity contribution in [3.05, 3.63) is 63.7 Å². The monoisotopic (exact) mass is 301 g/mol. The lowest BCUT2D eigenvalue weighted by molar-refractivity contribution is -0.384. The van der Waals surface area contributed by atoms with Crippen LogP contribution in [-0.4, -0.2) is 17.9 Å². The minimum absolute atomic E-state index is 0.111. The zero-order valence-electron chi connectivity index (χ0n) is 12.1. The van der Waals surface area contributed by atoms with Gasteiger partial charge in [-0.2, -0.15) is 0 Å². The zero-order valence-corrected chi connectivity index (χ0v) is 12.1. The third-order valence-electron chi connectivity index (χ3n) is 3.01. The first-order chi connectivity index (χ1) is 10.5. The van der Waals surface area contributed by atoms with Gasteiger partial charge in [0.25, 0.3) is 11.6 Å². The Morgan fingerprint density at radius 2 is 1.86 bits per heavy atom. The lowest BCUT2D eigenvalue weighted by Crippen LogP contribution is -2.29. The van der Waals surface area contributed by atoms with Gasteiger partial charge in [-0.15, -0.1) is 0 Å². The Morgan fingerprint density at radius 1 is 1.18 bits per heavy atom. The van der Waals surface area contributed by atoms with E-state index in [-0.39, 0.29) is 11.4 Å². The molecule has 0 saturated carbocycles. The van der Waals surface area contributed by atoms with Gasteiger partial charge in [-0.05, 0) is 42.8 Å². The van der Waals surface area contributed by atoms with Crippen molar-refractivity contribution in [2.24, 2.45) is 0 Å². The number of hydrogen-bond donors (Lipinski definition) is 2. The number of aryl methyl sites for hydroxylation is 1. The predicted octanol–water partition coefficient (Wildman–Crippen LogP) is 2.67. The van der Waals surface area contributed by atoms with Gasteiger partial charge in [0.2, 0.25) is 0 Å². The number of benzene rings is 2. The van der Waals surface area contributed by atoms with Crippen molar-refractivity contribution in [1.82, 2.24) is 5.43 Å². The smallest absolute Gasteiger partial charge is 0.294 e. The van der Waals surface area contributed by atoms with Gasteiger partial charge in [0.05, 0.1) is 12.0 Å². The van der Waals surface area contributed by atoms with E-state index in [0.717, 1.165) is 5.56 Å². The molecule has 0 radical (unpaired) electrons. The van der Waals surface area contributed by atoms with Crippen molar-refractivity contribution in [1.29, 1.82) is 0 Å². The number of rotatable bonds is 5. The molecular weight excluding hydrogens is 286 g/mol. The Morgan fingerprint density at radius 3 is 2.45 bits per heavy atom. The van der Waals surface area contributed by atoms with Crippen LogP contribution < -0.4 is 15.6 Å². The van der Waals surface area contributed by atoms with Crippen LogP contribution >= 0.6 is 0 Å². The molecule has 7 heteroatoms. The first-order valence-electron chi connectivity index (χ1n) is 6.46. The topological polar surface area (TPSA) is 93.5 Å². The highest BCUT2D eigenvalue weighted by Gasteiger charge is 2.14. The Hall–Kier alpha value is -3.09. The molecule has 0 bridgehead atoms. The normalized spacial score (nSPS) is 9.91. The van der Waals surface area contributed by atoms with Gasteiger partial charge in [-0.3, -0.25) is 25.8 Å². The highest BCUT2D eigenvalue weighted by Crippen LogP contribution is 2.24. The average molecular weight is 301 g/mol. The van der Waals surface area contributed by atoms with Crippen molar-refractivity contribution in [2.75, 3.05) is 12.5 Å². The highest BCUT2D eigenvalue weighted by atomic mass is 16.6. The van der Waals surface area contributed by atoms with E-state index in [0.29, 0.717) is 11.3 Å². The number of methoxy groups -OCH3 is 1. The van der Waals surface area contributed by atoms with E-state index < -0.39 is 10.8 Å². The van der Waals surface area contributed by atoms with Gasteiger partial charge >= 0.3 is 0 Å². The molecule has 114 valence electrons. The maximum Gasteiger partial charge on any atom is 0.294 e. The first-order valence-corrected chi connectivity index (χ1v) is 6.46. The molecule has 1 amide bonds. The van der Waals surface area contributed by atoms with Gasteiger partial charge < -0.3 is 4.74 Å². The third-order valence-corrected chi connectivity index (χ3v) is 3.01. The number of nitro benzene ring substituents is 1. The van der Waals surface area contributed by atoms with Crippen molar-refractivity contribution < 1.29 is 14.5 Å². The molecule has 7 nitrogen and oxygen atoms in total. The van der Waals surface area contributed by atoms with Gasteiger partial charge in [0, 0.05) is 11.6 Å². The second kappa shape index (κ2) is 6.57. The van der Waals surface area contributed by atoms with Crippen LogP contribution in [0.1, 0.15) is 15.9 Å². The van der Waals surface area contributed by atoms with E-state index in [2.05, 4.69) is 10.9 Å². The number of nitro groups is 1. The van der Waals surface area contributed by atoms with Crippen LogP contribution in [0.5, 0.6) is 5.75 Å². The number of carbonyl (C=O) groups is 1. The van der Waals surface area contributed by atoms with Gasteiger partial charge in [0.1, 0.15) is 11.4 Å². The van der Waals surface area contributed by atoms with Gasteiger partial charge in [0.15, 0.2) is 0 Å². The number of ether oxygens (including phenoxy) is 1. The predicted molar refractivity (Wildman–Crippen MR) is 81.9 cm³/mol.